The molecule has 0 radical (unpaired) electrons. The van der Waals surface area contributed by atoms with Crippen molar-refractivity contribution < 1.29 is 4.39 Å². The summed E-state index contributed by atoms with van der Waals surface area (Å²) in [6, 6.07) is 23.3. The Bertz CT molecular complexity index is 1360. The predicted molar refractivity (Wildman–Crippen MR) is 144 cm³/mol. The predicted octanol–water partition coefficient (Wildman–Crippen LogP) is 6.93. The lowest BCUT2D eigenvalue weighted by atomic mass is 9.96. The highest BCUT2D eigenvalue weighted by molar-refractivity contribution is 7.80. The van der Waals surface area contributed by atoms with Gasteiger partial charge in [0.1, 0.15) is 5.82 Å². The van der Waals surface area contributed by atoms with Crippen LogP contribution in [-0.2, 0) is 0 Å². The molecule has 2 aromatic heterocycles. The molecule has 4 nitrogen and oxygen atoms in total. The van der Waals surface area contributed by atoms with Crippen LogP contribution in [0.5, 0.6) is 0 Å². The minimum Gasteiger partial charge on any atom is -0.351 e. The second kappa shape index (κ2) is 9.27. The molecule has 2 atom stereocenters. The van der Waals surface area contributed by atoms with E-state index in [9.17, 15) is 4.39 Å². The van der Waals surface area contributed by atoms with E-state index in [1.165, 1.54) is 11.6 Å². The molecule has 6 heteroatoms. The summed E-state index contributed by atoms with van der Waals surface area (Å²) in [5.41, 5.74) is 6.79. The molecule has 2 aromatic carbocycles. The smallest absolute Gasteiger partial charge is 0.174 e. The molecule has 0 unspecified atom stereocenters. The lowest BCUT2D eigenvalue weighted by Gasteiger charge is -2.28. The normalized spacial score (nSPS) is 17.8. The maximum atomic E-state index is 14.8. The van der Waals surface area contributed by atoms with E-state index in [2.05, 4.69) is 59.4 Å². The third-order valence-corrected chi connectivity index (χ3v) is 7.13. The number of aromatic nitrogens is 2. The molecule has 1 N–H and O–H groups in total. The highest BCUT2D eigenvalue weighted by Gasteiger charge is 2.42. The van der Waals surface area contributed by atoms with Gasteiger partial charge in [0, 0.05) is 23.3 Å². The molecule has 178 valence electrons. The second-order valence-electron chi connectivity index (χ2n) is 9.36. The standard InChI is InChI=1S/C29H29FN4S/c1-18(2)21-12-14-22(15-13-21)34-28(27(32-29(34)35)25-10-7-8-16-31-25)23-17-19(3)33(20(23)4)26-11-6-5-9-24(26)30/h5-18,27-28H,1-4H3,(H,32,35)/t27-,28+/m1/s1. The highest BCUT2D eigenvalue weighted by atomic mass is 32.1. The van der Waals surface area contributed by atoms with Gasteiger partial charge in [0.15, 0.2) is 5.11 Å². The summed E-state index contributed by atoms with van der Waals surface area (Å²) in [5, 5.41) is 4.17. The van der Waals surface area contributed by atoms with Crippen molar-refractivity contribution in [3.8, 4) is 5.69 Å². The number of halogens is 1. The van der Waals surface area contributed by atoms with Crippen molar-refractivity contribution in [2.75, 3.05) is 4.90 Å². The molecule has 3 heterocycles. The summed E-state index contributed by atoms with van der Waals surface area (Å²) in [4.78, 5) is 6.82. The Kier molecular flexibility index (Phi) is 6.15. The second-order valence-corrected chi connectivity index (χ2v) is 9.74. The van der Waals surface area contributed by atoms with Crippen molar-refractivity contribution >= 4 is 23.0 Å². The SMILES string of the molecule is Cc1cc([C@H]2[C@@H](c3ccccn3)NC(=S)N2c2ccc(C(C)C)cc2)c(C)n1-c1ccccc1F. The molecular formula is C29H29FN4S. The topological polar surface area (TPSA) is 33.1 Å². The third-order valence-electron chi connectivity index (χ3n) is 6.82. The van der Waals surface area contributed by atoms with Crippen LogP contribution in [-0.4, -0.2) is 14.7 Å². The van der Waals surface area contributed by atoms with Gasteiger partial charge in [-0.2, -0.15) is 0 Å². The highest BCUT2D eigenvalue weighted by Crippen LogP contribution is 2.44. The van der Waals surface area contributed by atoms with E-state index in [0.29, 0.717) is 16.7 Å². The molecule has 1 saturated heterocycles. The zero-order valence-corrected chi connectivity index (χ0v) is 21.2. The molecule has 1 fully saturated rings. The molecule has 4 aromatic rings. The Balaban J connectivity index is 1.67. The molecule has 0 amide bonds. The van der Waals surface area contributed by atoms with Crippen molar-refractivity contribution in [1.82, 2.24) is 14.9 Å². The van der Waals surface area contributed by atoms with Gasteiger partial charge in [-0.15, -0.1) is 0 Å². The molecule has 5 rings (SSSR count). The average molecular weight is 485 g/mol. The summed E-state index contributed by atoms with van der Waals surface area (Å²) in [6.07, 6.45) is 1.81. The van der Waals surface area contributed by atoms with Crippen LogP contribution in [0.3, 0.4) is 0 Å². The first-order valence-electron chi connectivity index (χ1n) is 11.9. The number of para-hydroxylation sites is 1. The summed E-state index contributed by atoms with van der Waals surface area (Å²) in [7, 11) is 0. The lowest BCUT2D eigenvalue weighted by Crippen LogP contribution is -2.29. The van der Waals surface area contributed by atoms with Gasteiger partial charge in [-0.3, -0.25) is 4.98 Å². The Morgan fingerprint density at radius 1 is 0.971 bits per heavy atom. The number of aryl methyl sites for hydroxylation is 1. The average Bonchev–Trinajstić information content (AvgIpc) is 3.35. The fourth-order valence-corrected chi connectivity index (χ4v) is 5.41. The fraction of sp³-hybridized carbons (Fsp3) is 0.241. The van der Waals surface area contributed by atoms with Gasteiger partial charge in [-0.05, 0) is 85.6 Å². The number of hydrogen-bond donors (Lipinski definition) is 1. The van der Waals surface area contributed by atoms with Crippen LogP contribution in [0.2, 0.25) is 0 Å². The molecule has 1 aliphatic rings. The quantitative estimate of drug-likeness (QED) is 0.312. The van der Waals surface area contributed by atoms with Gasteiger partial charge >= 0.3 is 0 Å². The van der Waals surface area contributed by atoms with E-state index in [4.69, 9.17) is 12.2 Å². The van der Waals surface area contributed by atoms with E-state index < -0.39 is 0 Å². The van der Waals surface area contributed by atoms with E-state index in [-0.39, 0.29) is 17.9 Å². The molecule has 0 bridgehead atoms. The number of pyridine rings is 1. The largest absolute Gasteiger partial charge is 0.351 e. The summed E-state index contributed by atoms with van der Waals surface area (Å²) < 4.78 is 16.8. The zero-order chi connectivity index (χ0) is 24.7. The number of thiocarbonyl (C=S) groups is 1. The lowest BCUT2D eigenvalue weighted by molar-refractivity contribution is 0.564. The van der Waals surface area contributed by atoms with Gasteiger partial charge in [-0.1, -0.05) is 44.2 Å². The third kappa shape index (κ3) is 4.12. The molecule has 35 heavy (non-hydrogen) atoms. The summed E-state index contributed by atoms with van der Waals surface area (Å²) >= 11 is 5.88. The molecule has 0 aliphatic carbocycles. The van der Waals surface area contributed by atoms with Crippen LogP contribution >= 0.6 is 12.2 Å². The van der Waals surface area contributed by atoms with E-state index in [1.807, 2.05) is 48.7 Å². The number of nitrogens with one attached hydrogen (secondary N) is 1. The van der Waals surface area contributed by atoms with Gasteiger partial charge in [-0.25, -0.2) is 4.39 Å². The molecule has 1 aliphatic heterocycles. The fourth-order valence-electron chi connectivity index (χ4n) is 5.06. The van der Waals surface area contributed by atoms with Gasteiger partial charge in [0.05, 0.1) is 23.5 Å². The first-order chi connectivity index (χ1) is 16.9. The zero-order valence-electron chi connectivity index (χ0n) is 20.4. The minimum absolute atomic E-state index is 0.144. The first-order valence-corrected chi connectivity index (χ1v) is 12.3. The van der Waals surface area contributed by atoms with Crippen molar-refractivity contribution in [2.45, 2.75) is 45.7 Å². The molecular weight excluding hydrogens is 455 g/mol. The summed E-state index contributed by atoms with van der Waals surface area (Å²) in [6.45, 7) is 8.44. The maximum Gasteiger partial charge on any atom is 0.174 e. The maximum absolute atomic E-state index is 14.8. The van der Waals surface area contributed by atoms with Crippen molar-refractivity contribution in [1.29, 1.82) is 0 Å². The van der Waals surface area contributed by atoms with E-state index >= 15 is 0 Å². The van der Waals surface area contributed by atoms with Crippen LogP contribution in [0.4, 0.5) is 10.1 Å². The van der Waals surface area contributed by atoms with Crippen molar-refractivity contribution in [2.24, 2.45) is 0 Å². The Morgan fingerprint density at radius 2 is 1.69 bits per heavy atom. The minimum atomic E-state index is -0.247. The van der Waals surface area contributed by atoms with Crippen LogP contribution in [0, 0.1) is 19.7 Å². The van der Waals surface area contributed by atoms with Crippen molar-refractivity contribution in [3.63, 3.8) is 0 Å². The van der Waals surface area contributed by atoms with Gasteiger partial charge < -0.3 is 14.8 Å². The Hall–Kier alpha value is -3.51. The Labute approximate surface area is 211 Å². The number of benzene rings is 2. The van der Waals surface area contributed by atoms with E-state index in [0.717, 1.165) is 28.3 Å². The van der Waals surface area contributed by atoms with Crippen LogP contribution in [0.15, 0.2) is 79.0 Å². The summed E-state index contributed by atoms with van der Waals surface area (Å²) in [5.74, 6) is 0.202. The number of hydrogen-bond acceptors (Lipinski definition) is 2. The number of rotatable bonds is 5. The number of nitrogens with zero attached hydrogens (tertiary/aromatic N) is 3. The van der Waals surface area contributed by atoms with Gasteiger partial charge in [0.2, 0.25) is 0 Å². The number of anilines is 1. The van der Waals surface area contributed by atoms with E-state index in [1.54, 1.807) is 12.3 Å². The van der Waals surface area contributed by atoms with Crippen molar-refractivity contribution in [3.05, 3.63) is 113 Å². The Morgan fingerprint density at radius 3 is 2.34 bits per heavy atom. The van der Waals surface area contributed by atoms with Crippen LogP contribution < -0.4 is 10.2 Å². The van der Waals surface area contributed by atoms with Crippen LogP contribution in [0.25, 0.3) is 5.69 Å². The first kappa shape index (κ1) is 23.2. The monoisotopic (exact) mass is 484 g/mol. The van der Waals surface area contributed by atoms with Gasteiger partial charge in [0.25, 0.3) is 0 Å². The molecule has 0 spiro atoms. The molecule has 0 saturated carbocycles. The van der Waals surface area contributed by atoms with Crippen LogP contribution in [0.1, 0.15) is 60.1 Å².